The Balaban J connectivity index is 1.86. The highest BCUT2D eigenvalue weighted by Gasteiger charge is 2.08. The number of anilines is 2. The van der Waals surface area contributed by atoms with Gasteiger partial charge in [0.25, 0.3) is 0 Å². The van der Waals surface area contributed by atoms with Crippen molar-refractivity contribution in [2.75, 3.05) is 5.32 Å². The Morgan fingerprint density at radius 1 is 0.950 bits per heavy atom. The number of nitrogens with zero attached hydrogens (tertiary/aromatic N) is 2. The van der Waals surface area contributed by atoms with Crippen LogP contribution in [0.1, 0.15) is 11.1 Å². The molecular formula is C16H15N3S. The van der Waals surface area contributed by atoms with E-state index >= 15 is 0 Å². The minimum Gasteiger partial charge on any atom is -0.330 e. The van der Waals surface area contributed by atoms with Gasteiger partial charge < -0.3 is 5.32 Å². The smallest absolute Gasteiger partial charge is 0.210 e. The Kier molecular flexibility index (Phi) is 3.48. The third-order valence-corrected chi connectivity index (χ3v) is 3.94. The van der Waals surface area contributed by atoms with E-state index in [0.717, 1.165) is 21.4 Å². The molecule has 3 rings (SSSR count). The van der Waals surface area contributed by atoms with Crippen LogP contribution < -0.4 is 5.32 Å². The number of nitrogens with one attached hydrogen (secondary N) is 1. The third-order valence-electron chi connectivity index (χ3n) is 3.07. The van der Waals surface area contributed by atoms with Gasteiger partial charge in [-0.15, -0.1) is 10.2 Å². The van der Waals surface area contributed by atoms with Crippen LogP contribution in [0, 0.1) is 13.8 Å². The maximum Gasteiger partial charge on any atom is 0.210 e. The van der Waals surface area contributed by atoms with Crippen LogP contribution in [0.3, 0.4) is 0 Å². The van der Waals surface area contributed by atoms with Gasteiger partial charge in [-0.05, 0) is 37.1 Å². The van der Waals surface area contributed by atoms with Gasteiger partial charge >= 0.3 is 0 Å². The summed E-state index contributed by atoms with van der Waals surface area (Å²) >= 11 is 1.57. The van der Waals surface area contributed by atoms with Crippen molar-refractivity contribution in [1.29, 1.82) is 0 Å². The molecule has 0 aliphatic rings. The molecule has 3 nitrogen and oxygen atoms in total. The maximum absolute atomic E-state index is 4.27. The van der Waals surface area contributed by atoms with Crippen molar-refractivity contribution >= 4 is 22.2 Å². The second-order valence-electron chi connectivity index (χ2n) is 4.72. The van der Waals surface area contributed by atoms with E-state index in [1.807, 2.05) is 24.3 Å². The standard InChI is InChI=1S/C16H15N3S/c1-11-6-5-8-13(10-11)17-16-19-18-15(20-16)14-9-4-3-7-12(14)2/h3-10H,1-2H3,(H,17,19). The summed E-state index contributed by atoms with van der Waals surface area (Å²) in [7, 11) is 0. The quantitative estimate of drug-likeness (QED) is 0.764. The van der Waals surface area contributed by atoms with Crippen molar-refractivity contribution in [3.63, 3.8) is 0 Å². The summed E-state index contributed by atoms with van der Waals surface area (Å²) in [5.74, 6) is 0. The maximum atomic E-state index is 4.27. The number of hydrogen-bond acceptors (Lipinski definition) is 4. The van der Waals surface area contributed by atoms with Crippen molar-refractivity contribution in [2.45, 2.75) is 13.8 Å². The van der Waals surface area contributed by atoms with Crippen molar-refractivity contribution in [2.24, 2.45) is 0 Å². The van der Waals surface area contributed by atoms with Gasteiger partial charge in [0.05, 0.1) is 0 Å². The zero-order chi connectivity index (χ0) is 13.9. The second-order valence-corrected chi connectivity index (χ2v) is 5.70. The molecule has 1 N–H and O–H groups in total. The van der Waals surface area contributed by atoms with Gasteiger partial charge in [0, 0.05) is 11.3 Å². The lowest BCUT2D eigenvalue weighted by molar-refractivity contribution is 1.09. The van der Waals surface area contributed by atoms with E-state index in [1.54, 1.807) is 11.3 Å². The zero-order valence-electron chi connectivity index (χ0n) is 11.4. The molecule has 0 aliphatic heterocycles. The highest BCUT2D eigenvalue weighted by atomic mass is 32.1. The first-order valence-corrected chi connectivity index (χ1v) is 7.27. The molecule has 3 aromatic rings. The SMILES string of the molecule is Cc1cccc(Nc2nnc(-c3ccccc3C)s2)c1. The number of benzene rings is 2. The average Bonchev–Trinajstić information content (AvgIpc) is 2.87. The summed E-state index contributed by atoms with van der Waals surface area (Å²) < 4.78 is 0. The Bertz CT molecular complexity index is 734. The number of aromatic nitrogens is 2. The fourth-order valence-electron chi connectivity index (χ4n) is 2.04. The monoisotopic (exact) mass is 281 g/mol. The summed E-state index contributed by atoms with van der Waals surface area (Å²) in [4.78, 5) is 0. The Labute approximate surface area is 122 Å². The molecule has 0 saturated carbocycles. The van der Waals surface area contributed by atoms with Gasteiger partial charge in [-0.3, -0.25) is 0 Å². The Morgan fingerprint density at radius 3 is 2.60 bits per heavy atom. The van der Waals surface area contributed by atoms with Gasteiger partial charge in [0.15, 0.2) is 0 Å². The molecule has 0 saturated heterocycles. The fraction of sp³-hybridized carbons (Fsp3) is 0.125. The third kappa shape index (κ3) is 2.70. The molecule has 100 valence electrons. The van der Waals surface area contributed by atoms with E-state index in [2.05, 4.69) is 53.6 Å². The van der Waals surface area contributed by atoms with Gasteiger partial charge in [-0.1, -0.05) is 47.7 Å². The molecular weight excluding hydrogens is 266 g/mol. The second kappa shape index (κ2) is 5.43. The topological polar surface area (TPSA) is 37.8 Å². The highest BCUT2D eigenvalue weighted by molar-refractivity contribution is 7.18. The lowest BCUT2D eigenvalue weighted by Crippen LogP contribution is -1.89. The van der Waals surface area contributed by atoms with Crippen molar-refractivity contribution in [1.82, 2.24) is 10.2 Å². The fourth-order valence-corrected chi connectivity index (χ4v) is 2.90. The van der Waals surface area contributed by atoms with Crippen LogP contribution in [-0.4, -0.2) is 10.2 Å². The largest absolute Gasteiger partial charge is 0.330 e. The van der Waals surface area contributed by atoms with Crippen molar-refractivity contribution < 1.29 is 0 Å². The van der Waals surface area contributed by atoms with E-state index in [0.29, 0.717) is 0 Å². The van der Waals surface area contributed by atoms with Gasteiger partial charge in [-0.2, -0.15) is 0 Å². The normalized spacial score (nSPS) is 10.5. The number of aryl methyl sites for hydroxylation is 2. The first-order chi connectivity index (χ1) is 9.72. The first kappa shape index (κ1) is 12.8. The van der Waals surface area contributed by atoms with E-state index in [-0.39, 0.29) is 0 Å². The molecule has 4 heteroatoms. The lowest BCUT2D eigenvalue weighted by Gasteiger charge is -2.02. The predicted molar refractivity (Wildman–Crippen MR) is 84.5 cm³/mol. The summed E-state index contributed by atoms with van der Waals surface area (Å²) in [6.45, 7) is 4.16. The van der Waals surface area contributed by atoms with Crippen molar-refractivity contribution in [3.8, 4) is 10.6 Å². The van der Waals surface area contributed by atoms with Crippen LogP contribution in [0.4, 0.5) is 10.8 Å². The van der Waals surface area contributed by atoms with Gasteiger partial charge in [0.1, 0.15) is 5.01 Å². The number of rotatable bonds is 3. The van der Waals surface area contributed by atoms with Crippen LogP contribution >= 0.6 is 11.3 Å². The first-order valence-electron chi connectivity index (χ1n) is 6.45. The molecule has 20 heavy (non-hydrogen) atoms. The van der Waals surface area contributed by atoms with Crippen LogP contribution in [0.5, 0.6) is 0 Å². The molecule has 0 spiro atoms. The predicted octanol–water partition coefficient (Wildman–Crippen LogP) is 4.57. The van der Waals surface area contributed by atoms with Gasteiger partial charge in [-0.25, -0.2) is 0 Å². The zero-order valence-corrected chi connectivity index (χ0v) is 12.2. The minimum absolute atomic E-state index is 0.814. The average molecular weight is 281 g/mol. The van der Waals surface area contributed by atoms with Gasteiger partial charge in [0.2, 0.25) is 5.13 Å². The van der Waals surface area contributed by atoms with E-state index in [4.69, 9.17) is 0 Å². The van der Waals surface area contributed by atoms with Crippen molar-refractivity contribution in [3.05, 3.63) is 59.7 Å². The lowest BCUT2D eigenvalue weighted by atomic mass is 10.1. The molecule has 1 heterocycles. The Morgan fingerprint density at radius 2 is 1.80 bits per heavy atom. The Hall–Kier alpha value is -2.20. The summed E-state index contributed by atoms with van der Waals surface area (Å²) in [6, 6.07) is 16.4. The molecule has 2 aromatic carbocycles. The summed E-state index contributed by atoms with van der Waals surface area (Å²) in [5, 5.41) is 13.5. The molecule has 0 amide bonds. The van der Waals surface area contributed by atoms with Crippen LogP contribution in [0.25, 0.3) is 10.6 Å². The molecule has 0 aliphatic carbocycles. The molecule has 1 aromatic heterocycles. The minimum atomic E-state index is 0.814. The van der Waals surface area contributed by atoms with Crippen LogP contribution in [0.2, 0.25) is 0 Å². The highest BCUT2D eigenvalue weighted by Crippen LogP contribution is 2.30. The van der Waals surface area contributed by atoms with Crippen LogP contribution in [-0.2, 0) is 0 Å². The van der Waals surface area contributed by atoms with E-state index < -0.39 is 0 Å². The molecule has 0 fully saturated rings. The molecule has 0 bridgehead atoms. The number of hydrogen-bond donors (Lipinski definition) is 1. The van der Waals surface area contributed by atoms with E-state index in [1.165, 1.54) is 11.1 Å². The summed E-state index contributed by atoms with van der Waals surface area (Å²) in [5.41, 5.74) is 4.61. The van der Waals surface area contributed by atoms with E-state index in [9.17, 15) is 0 Å². The summed E-state index contributed by atoms with van der Waals surface area (Å²) in [6.07, 6.45) is 0. The molecule has 0 unspecified atom stereocenters. The molecule has 0 atom stereocenters. The molecule has 0 radical (unpaired) electrons. The van der Waals surface area contributed by atoms with Crippen LogP contribution in [0.15, 0.2) is 48.5 Å².